The molecule has 0 spiro atoms. The highest BCUT2D eigenvalue weighted by Gasteiger charge is 2.30. The number of nitrogens with zero attached hydrogens (tertiary/aromatic N) is 1. The molecule has 2 fully saturated rings. The summed E-state index contributed by atoms with van der Waals surface area (Å²) in [5.41, 5.74) is 1.10. The van der Waals surface area contributed by atoms with Crippen LogP contribution in [0.3, 0.4) is 0 Å². The van der Waals surface area contributed by atoms with Crippen LogP contribution >= 0.6 is 0 Å². The summed E-state index contributed by atoms with van der Waals surface area (Å²) in [4.78, 5) is 2.47. The quantitative estimate of drug-likeness (QED) is 0.873. The maximum atomic E-state index is 12.4. The molecule has 116 valence electrons. The van der Waals surface area contributed by atoms with Crippen molar-refractivity contribution in [2.45, 2.75) is 31.9 Å². The molecule has 0 unspecified atom stereocenters. The fraction of sp³-hybridized carbons (Fsp3) is 0.625. The van der Waals surface area contributed by atoms with Gasteiger partial charge < -0.3 is 10.1 Å². The van der Waals surface area contributed by atoms with E-state index in [9.17, 15) is 8.78 Å². The number of piperazine rings is 1. The molecule has 1 saturated heterocycles. The molecule has 1 saturated carbocycles. The van der Waals surface area contributed by atoms with E-state index in [1.165, 1.54) is 12.8 Å². The van der Waals surface area contributed by atoms with Crippen LogP contribution in [0.1, 0.15) is 30.9 Å². The molecule has 1 heterocycles. The molecule has 1 aromatic carbocycles. The summed E-state index contributed by atoms with van der Waals surface area (Å²) in [6.07, 6.45) is 3.73. The van der Waals surface area contributed by atoms with Crippen molar-refractivity contribution in [3.8, 4) is 5.75 Å². The van der Waals surface area contributed by atoms with Gasteiger partial charge in [0.2, 0.25) is 0 Å². The summed E-state index contributed by atoms with van der Waals surface area (Å²) in [7, 11) is 0. The highest BCUT2D eigenvalue weighted by Crippen LogP contribution is 2.40. The molecule has 1 N–H and O–H groups in total. The van der Waals surface area contributed by atoms with Gasteiger partial charge in [-0.2, -0.15) is 8.78 Å². The van der Waals surface area contributed by atoms with E-state index in [1.807, 2.05) is 12.1 Å². The normalized spacial score (nSPS) is 21.5. The van der Waals surface area contributed by atoms with Gasteiger partial charge >= 0.3 is 6.61 Å². The number of hydrogen-bond acceptors (Lipinski definition) is 3. The van der Waals surface area contributed by atoms with Gasteiger partial charge in [-0.1, -0.05) is 25.0 Å². The van der Waals surface area contributed by atoms with Crippen LogP contribution in [-0.2, 0) is 0 Å². The van der Waals surface area contributed by atoms with E-state index >= 15 is 0 Å². The van der Waals surface area contributed by atoms with Crippen molar-refractivity contribution in [2.75, 3.05) is 26.2 Å². The van der Waals surface area contributed by atoms with Crippen LogP contribution in [0, 0.1) is 5.92 Å². The largest absolute Gasteiger partial charge is 0.435 e. The van der Waals surface area contributed by atoms with E-state index in [-0.39, 0.29) is 5.75 Å². The number of rotatable bonds is 6. The van der Waals surface area contributed by atoms with Crippen LogP contribution in [0.25, 0.3) is 0 Å². The van der Waals surface area contributed by atoms with E-state index in [0.29, 0.717) is 6.04 Å². The molecular formula is C16H22F2N2O. The molecule has 2 aliphatic rings. The Morgan fingerprint density at radius 2 is 2.00 bits per heavy atom. The van der Waals surface area contributed by atoms with Gasteiger partial charge in [-0.15, -0.1) is 0 Å². The van der Waals surface area contributed by atoms with Crippen molar-refractivity contribution >= 4 is 0 Å². The van der Waals surface area contributed by atoms with Gasteiger partial charge in [-0.25, -0.2) is 0 Å². The summed E-state index contributed by atoms with van der Waals surface area (Å²) in [6, 6.07) is 7.55. The zero-order valence-electron chi connectivity index (χ0n) is 12.1. The Hall–Kier alpha value is -1.20. The van der Waals surface area contributed by atoms with Gasteiger partial charge in [0.05, 0.1) is 0 Å². The van der Waals surface area contributed by atoms with Gasteiger partial charge in [0.1, 0.15) is 5.75 Å². The molecule has 1 aromatic rings. The van der Waals surface area contributed by atoms with Crippen LogP contribution in [0.2, 0.25) is 0 Å². The number of halogens is 2. The first kappa shape index (κ1) is 14.7. The van der Waals surface area contributed by atoms with Crippen LogP contribution in [0.15, 0.2) is 24.3 Å². The van der Waals surface area contributed by atoms with E-state index < -0.39 is 6.61 Å². The van der Waals surface area contributed by atoms with Crippen molar-refractivity contribution in [3.63, 3.8) is 0 Å². The lowest BCUT2D eigenvalue weighted by Crippen LogP contribution is -2.45. The van der Waals surface area contributed by atoms with Gasteiger partial charge in [0.15, 0.2) is 0 Å². The van der Waals surface area contributed by atoms with Crippen molar-refractivity contribution in [2.24, 2.45) is 5.92 Å². The zero-order valence-corrected chi connectivity index (χ0v) is 12.1. The van der Waals surface area contributed by atoms with Gasteiger partial charge in [-0.3, -0.25) is 4.90 Å². The number of hydrogen-bond donors (Lipinski definition) is 1. The molecule has 5 heteroatoms. The summed E-state index contributed by atoms with van der Waals surface area (Å²) in [6.45, 7) is 1.25. The Kier molecular flexibility index (Phi) is 4.70. The second kappa shape index (κ2) is 6.71. The van der Waals surface area contributed by atoms with Gasteiger partial charge in [-0.05, 0) is 30.0 Å². The number of alkyl halides is 2. The molecule has 0 bridgehead atoms. The lowest BCUT2D eigenvalue weighted by atomic mass is 9.98. The molecule has 21 heavy (non-hydrogen) atoms. The highest BCUT2D eigenvalue weighted by molar-refractivity contribution is 5.31. The second-order valence-electron chi connectivity index (χ2n) is 5.93. The molecule has 1 atom stereocenters. The minimum Gasteiger partial charge on any atom is -0.435 e. The van der Waals surface area contributed by atoms with Crippen molar-refractivity contribution < 1.29 is 13.5 Å². The fourth-order valence-electron chi connectivity index (χ4n) is 3.06. The van der Waals surface area contributed by atoms with Crippen LogP contribution in [0.5, 0.6) is 5.75 Å². The monoisotopic (exact) mass is 296 g/mol. The Morgan fingerprint density at radius 3 is 2.67 bits per heavy atom. The third kappa shape index (κ3) is 4.14. The fourth-order valence-corrected chi connectivity index (χ4v) is 3.06. The minimum absolute atomic E-state index is 0.262. The van der Waals surface area contributed by atoms with Gasteiger partial charge in [0, 0.05) is 32.2 Å². The summed E-state index contributed by atoms with van der Waals surface area (Å²) in [5.74, 6) is 1.06. The van der Waals surface area contributed by atoms with Crippen molar-refractivity contribution in [3.05, 3.63) is 29.8 Å². The molecule has 0 aromatic heterocycles. The first-order valence-corrected chi connectivity index (χ1v) is 7.72. The molecule has 1 aliphatic carbocycles. The maximum Gasteiger partial charge on any atom is 0.387 e. The lowest BCUT2D eigenvalue weighted by molar-refractivity contribution is -0.0499. The van der Waals surface area contributed by atoms with E-state index in [0.717, 1.165) is 44.1 Å². The number of benzene rings is 1. The summed E-state index contributed by atoms with van der Waals surface area (Å²) in [5, 5.41) is 3.36. The van der Waals surface area contributed by atoms with Gasteiger partial charge in [0.25, 0.3) is 0 Å². The first-order valence-electron chi connectivity index (χ1n) is 7.72. The maximum absolute atomic E-state index is 12.4. The summed E-state index contributed by atoms with van der Waals surface area (Å²) >= 11 is 0. The van der Waals surface area contributed by atoms with E-state index in [4.69, 9.17) is 0 Å². The molecule has 1 aliphatic heterocycles. The average molecular weight is 296 g/mol. The topological polar surface area (TPSA) is 24.5 Å². The first-order chi connectivity index (χ1) is 10.2. The van der Waals surface area contributed by atoms with Crippen molar-refractivity contribution in [1.82, 2.24) is 10.2 Å². The van der Waals surface area contributed by atoms with Crippen molar-refractivity contribution in [1.29, 1.82) is 0 Å². The molecule has 0 radical (unpaired) electrons. The van der Waals surface area contributed by atoms with Crippen LogP contribution in [0.4, 0.5) is 8.78 Å². The third-order valence-electron chi connectivity index (χ3n) is 4.31. The Labute approximate surface area is 124 Å². The molecule has 3 nitrogen and oxygen atoms in total. The predicted molar refractivity (Wildman–Crippen MR) is 77.6 cm³/mol. The van der Waals surface area contributed by atoms with E-state index in [2.05, 4.69) is 15.0 Å². The predicted octanol–water partition coefficient (Wildman–Crippen LogP) is 3.03. The Balaban J connectivity index is 1.77. The standard InChI is InChI=1S/C16H22F2N2O/c17-16(18)21-14-3-1-2-13(11-14)15(10-12-4-5-12)20-8-6-19-7-9-20/h1-3,11-12,15-16,19H,4-10H2/t15-/m1/s1. The minimum atomic E-state index is -2.76. The van der Waals surface area contributed by atoms with E-state index in [1.54, 1.807) is 12.1 Å². The van der Waals surface area contributed by atoms with Crippen LogP contribution in [-0.4, -0.2) is 37.7 Å². The smallest absolute Gasteiger partial charge is 0.387 e. The molecule has 3 rings (SSSR count). The van der Waals surface area contributed by atoms with Crippen LogP contribution < -0.4 is 10.1 Å². The lowest BCUT2D eigenvalue weighted by Gasteiger charge is -2.35. The third-order valence-corrected chi connectivity index (χ3v) is 4.31. The Morgan fingerprint density at radius 1 is 1.24 bits per heavy atom. The Bertz CT molecular complexity index is 459. The summed E-state index contributed by atoms with van der Waals surface area (Å²) < 4.78 is 29.3. The molecular weight excluding hydrogens is 274 g/mol. The zero-order chi connectivity index (χ0) is 14.7. The number of nitrogens with one attached hydrogen (secondary N) is 1. The second-order valence-corrected chi connectivity index (χ2v) is 5.93. The SMILES string of the molecule is FC(F)Oc1cccc([C@@H](CC2CC2)N2CCNCC2)c1. The average Bonchev–Trinajstić information content (AvgIpc) is 3.29. The highest BCUT2D eigenvalue weighted by atomic mass is 19.3. The molecule has 0 amide bonds. The number of ether oxygens (including phenoxy) is 1.